The lowest BCUT2D eigenvalue weighted by Gasteiger charge is -2.23. The van der Waals surface area contributed by atoms with Gasteiger partial charge in [0.2, 0.25) is 0 Å². The highest BCUT2D eigenvalue weighted by Gasteiger charge is 2.16. The molecule has 0 spiro atoms. The van der Waals surface area contributed by atoms with Crippen LogP contribution >= 0.6 is 0 Å². The molecule has 5 nitrogen and oxygen atoms in total. The topological polar surface area (TPSA) is 39.5 Å². The molecule has 0 atom stereocenters. The molecular weight excluding hydrogens is 314 g/mol. The number of likely N-dealkylation sites (N-methyl/N-ethyl adjacent to an activating group) is 1. The number of fused-ring (bicyclic) bond motifs is 1. The van der Waals surface area contributed by atoms with Crippen LogP contribution in [0.15, 0.2) is 29.8 Å². The second-order valence-corrected chi connectivity index (χ2v) is 6.71. The highest BCUT2D eigenvalue weighted by atomic mass is 16.5. The summed E-state index contributed by atoms with van der Waals surface area (Å²) in [4.78, 5) is 2.34. The monoisotopic (exact) mass is 341 g/mol. The van der Waals surface area contributed by atoms with Gasteiger partial charge in [0.25, 0.3) is 0 Å². The van der Waals surface area contributed by atoms with Crippen molar-refractivity contribution in [2.24, 2.45) is 0 Å². The molecule has 134 valence electrons. The summed E-state index contributed by atoms with van der Waals surface area (Å²) >= 11 is 0. The van der Waals surface area contributed by atoms with Crippen molar-refractivity contribution < 1.29 is 9.47 Å². The van der Waals surface area contributed by atoms with E-state index in [1.165, 1.54) is 11.3 Å². The van der Waals surface area contributed by atoms with Gasteiger partial charge in [0.1, 0.15) is 6.61 Å². The van der Waals surface area contributed by atoms with Gasteiger partial charge in [-0.2, -0.15) is 5.10 Å². The molecule has 1 aromatic carbocycles. The van der Waals surface area contributed by atoms with Gasteiger partial charge in [-0.3, -0.25) is 4.68 Å². The van der Waals surface area contributed by atoms with Crippen LogP contribution in [0.25, 0.3) is 6.08 Å². The number of benzene rings is 1. The maximum Gasteiger partial charge on any atom is 0.168 e. The molecule has 1 aliphatic heterocycles. The van der Waals surface area contributed by atoms with Crippen LogP contribution in [-0.4, -0.2) is 48.5 Å². The Morgan fingerprint density at radius 2 is 2.16 bits per heavy atom. The summed E-state index contributed by atoms with van der Waals surface area (Å²) in [5.74, 6) is 1.65. The predicted molar refractivity (Wildman–Crippen MR) is 100 cm³/mol. The van der Waals surface area contributed by atoms with Gasteiger partial charge in [-0.15, -0.1) is 0 Å². The standard InChI is InChI=1S/C20H27N3O2/c1-15-11-16(2)23(21-15)10-6-9-22(3)13-17-12-18-7-5-8-19(24-4)20(18)25-14-17/h5,7-8,11-12H,6,9-10,13-14H2,1-4H3. The molecule has 2 aromatic rings. The number of rotatable bonds is 7. The Labute approximate surface area is 149 Å². The van der Waals surface area contributed by atoms with Gasteiger partial charge in [0, 0.05) is 24.3 Å². The normalized spacial score (nSPS) is 13.4. The largest absolute Gasteiger partial charge is 0.493 e. The van der Waals surface area contributed by atoms with E-state index >= 15 is 0 Å². The first-order valence-electron chi connectivity index (χ1n) is 8.75. The Hall–Kier alpha value is -2.27. The SMILES string of the molecule is COc1cccc2c1OCC(CN(C)CCCn1nc(C)cc1C)=C2. The third-order valence-electron chi connectivity index (χ3n) is 4.48. The van der Waals surface area contributed by atoms with Crippen molar-refractivity contribution in [3.63, 3.8) is 0 Å². The second-order valence-electron chi connectivity index (χ2n) is 6.71. The molecular formula is C20H27N3O2. The molecule has 2 heterocycles. The lowest BCUT2D eigenvalue weighted by atomic mass is 10.1. The highest BCUT2D eigenvalue weighted by Crippen LogP contribution is 2.35. The lowest BCUT2D eigenvalue weighted by molar-refractivity contribution is 0.289. The Morgan fingerprint density at radius 1 is 1.32 bits per heavy atom. The van der Waals surface area contributed by atoms with E-state index in [0.29, 0.717) is 6.61 Å². The van der Waals surface area contributed by atoms with E-state index in [2.05, 4.69) is 46.9 Å². The summed E-state index contributed by atoms with van der Waals surface area (Å²) in [6.45, 7) is 7.67. The zero-order valence-corrected chi connectivity index (χ0v) is 15.6. The van der Waals surface area contributed by atoms with E-state index in [4.69, 9.17) is 9.47 Å². The van der Waals surface area contributed by atoms with E-state index in [1.807, 2.05) is 19.1 Å². The minimum Gasteiger partial charge on any atom is -0.493 e. The number of methoxy groups -OCH3 is 1. The number of ether oxygens (including phenoxy) is 2. The quantitative estimate of drug-likeness (QED) is 0.775. The minimum atomic E-state index is 0.620. The first kappa shape index (κ1) is 17.5. The summed E-state index contributed by atoms with van der Waals surface area (Å²) < 4.78 is 13.4. The fraction of sp³-hybridized carbons (Fsp3) is 0.450. The molecule has 0 aliphatic carbocycles. The van der Waals surface area contributed by atoms with E-state index in [1.54, 1.807) is 7.11 Å². The van der Waals surface area contributed by atoms with E-state index in [9.17, 15) is 0 Å². The Kier molecular flexibility index (Phi) is 5.43. The van der Waals surface area contributed by atoms with Crippen LogP contribution in [0.3, 0.4) is 0 Å². The van der Waals surface area contributed by atoms with Gasteiger partial charge in [-0.05, 0) is 57.6 Å². The van der Waals surface area contributed by atoms with Crippen LogP contribution in [0.2, 0.25) is 0 Å². The molecule has 0 N–H and O–H groups in total. The Balaban J connectivity index is 1.53. The van der Waals surface area contributed by atoms with Gasteiger partial charge in [-0.25, -0.2) is 0 Å². The molecule has 0 saturated carbocycles. The van der Waals surface area contributed by atoms with Crippen molar-refractivity contribution in [1.82, 2.24) is 14.7 Å². The van der Waals surface area contributed by atoms with Crippen molar-refractivity contribution in [2.45, 2.75) is 26.8 Å². The first-order valence-corrected chi connectivity index (χ1v) is 8.75. The van der Waals surface area contributed by atoms with Gasteiger partial charge in [0.15, 0.2) is 11.5 Å². The second kappa shape index (κ2) is 7.74. The average Bonchev–Trinajstić information content (AvgIpc) is 2.91. The number of hydrogen-bond acceptors (Lipinski definition) is 4. The zero-order chi connectivity index (χ0) is 17.8. The molecule has 3 rings (SSSR count). The van der Waals surface area contributed by atoms with Gasteiger partial charge < -0.3 is 14.4 Å². The highest BCUT2D eigenvalue weighted by molar-refractivity contribution is 5.66. The molecule has 0 bridgehead atoms. The van der Waals surface area contributed by atoms with Crippen molar-refractivity contribution in [3.05, 3.63) is 46.8 Å². The zero-order valence-electron chi connectivity index (χ0n) is 15.6. The van der Waals surface area contributed by atoms with Crippen LogP contribution in [0.4, 0.5) is 0 Å². The van der Waals surface area contributed by atoms with Crippen molar-refractivity contribution in [1.29, 1.82) is 0 Å². The molecule has 25 heavy (non-hydrogen) atoms. The number of hydrogen-bond donors (Lipinski definition) is 0. The number of para-hydroxylation sites is 1. The van der Waals surface area contributed by atoms with E-state index in [0.717, 1.165) is 48.8 Å². The van der Waals surface area contributed by atoms with Gasteiger partial charge in [-0.1, -0.05) is 12.1 Å². The molecule has 0 saturated heterocycles. The van der Waals surface area contributed by atoms with Crippen LogP contribution in [0.1, 0.15) is 23.4 Å². The number of aryl methyl sites for hydroxylation is 3. The summed E-state index contributed by atoms with van der Waals surface area (Å²) in [5.41, 5.74) is 4.70. The van der Waals surface area contributed by atoms with Crippen LogP contribution in [-0.2, 0) is 6.54 Å². The van der Waals surface area contributed by atoms with E-state index in [-0.39, 0.29) is 0 Å². The summed E-state index contributed by atoms with van der Waals surface area (Å²) in [6.07, 6.45) is 3.30. The summed E-state index contributed by atoms with van der Waals surface area (Å²) in [6, 6.07) is 8.13. The van der Waals surface area contributed by atoms with E-state index < -0.39 is 0 Å². The number of aromatic nitrogens is 2. The fourth-order valence-corrected chi connectivity index (χ4v) is 3.30. The maximum absolute atomic E-state index is 5.92. The third-order valence-corrected chi connectivity index (χ3v) is 4.48. The Bertz CT molecular complexity index is 764. The molecule has 0 radical (unpaired) electrons. The van der Waals surface area contributed by atoms with Gasteiger partial charge >= 0.3 is 0 Å². The van der Waals surface area contributed by atoms with Crippen LogP contribution < -0.4 is 9.47 Å². The van der Waals surface area contributed by atoms with Crippen LogP contribution in [0.5, 0.6) is 11.5 Å². The van der Waals surface area contributed by atoms with Crippen molar-refractivity contribution in [2.75, 3.05) is 33.9 Å². The minimum absolute atomic E-state index is 0.620. The first-order chi connectivity index (χ1) is 12.1. The summed E-state index contributed by atoms with van der Waals surface area (Å²) in [5, 5.41) is 4.52. The fourth-order valence-electron chi connectivity index (χ4n) is 3.30. The predicted octanol–water partition coefficient (Wildman–Crippen LogP) is 3.31. The molecule has 0 amide bonds. The average molecular weight is 341 g/mol. The molecule has 1 aliphatic rings. The molecule has 1 aromatic heterocycles. The molecule has 0 fully saturated rings. The lowest BCUT2D eigenvalue weighted by Crippen LogP contribution is -2.26. The van der Waals surface area contributed by atoms with Crippen molar-refractivity contribution in [3.8, 4) is 11.5 Å². The Morgan fingerprint density at radius 3 is 2.88 bits per heavy atom. The smallest absolute Gasteiger partial charge is 0.168 e. The van der Waals surface area contributed by atoms with Gasteiger partial charge in [0.05, 0.1) is 12.8 Å². The maximum atomic E-state index is 5.92. The van der Waals surface area contributed by atoms with Crippen LogP contribution in [0, 0.1) is 13.8 Å². The molecule has 0 unspecified atom stereocenters. The third kappa shape index (κ3) is 4.23. The van der Waals surface area contributed by atoms with Crippen molar-refractivity contribution >= 4 is 6.08 Å². The summed E-state index contributed by atoms with van der Waals surface area (Å²) in [7, 11) is 3.83. The number of nitrogens with zero attached hydrogens (tertiary/aromatic N) is 3. The molecule has 5 heteroatoms.